The number of amidine groups is 1. The average Bonchev–Trinajstić information content (AvgIpc) is 3.01. The molecule has 1 aliphatic heterocycles. The van der Waals surface area contributed by atoms with Gasteiger partial charge in [-0.25, -0.2) is 0 Å². The summed E-state index contributed by atoms with van der Waals surface area (Å²) >= 11 is 0. The molecule has 1 heterocycles. The van der Waals surface area contributed by atoms with Crippen molar-refractivity contribution in [2.45, 2.75) is 13.5 Å². The lowest BCUT2D eigenvalue weighted by atomic mass is 10.0. The molecule has 0 bridgehead atoms. The Hall–Kier alpha value is -3.55. The molecule has 0 radical (unpaired) electrons. The van der Waals surface area contributed by atoms with Gasteiger partial charge in [0.1, 0.15) is 17.3 Å². The first-order chi connectivity index (χ1) is 14.3. The molecular formula is C22H26N4O4. The lowest BCUT2D eigenvalue weighted by Gasteiger charge is -2.18. The van der Waals surface area contributed by atoms with E-state index in [0.717, 1.165) is 5.56 Å². The number of nitrogens with zero attached hydrogens (tertiary/aromatic N) is 2. The van der Waals surface area contributed by atoms with E-state index in [9.17, 15) is 14.7 Å². The average molecular weight is 410 g/mol. The number of nitrogens with one attached hydrogen (secondary N) is 2. The van der Waals surface area contributed by atoms with Crippen LogP contribution in [0.15, 0.2) is 30.3 Å². The summed E-state index contributed by atoms with van der Waals surface area (Å²) in [5.41, 5.74) is 2.83. The number of amides is 1. The molecular weight excluding hydrogens is 384 g/mol. The zero-order valence-electron chi connectivity index (χ0n) is 17.6. The third kappa shape index (κ3) is 3.94. The fourth-order valence-electron chi connectivity index (χ4n) is 3.47. The second kappa shape index (κ2) is 8.44. The molecule has 158 valence electrons. The number of aromatic hydroxyl groups is 1. The van der Waals surface area contributed by atoms with Crippen LogP contribution in [0.4, 0.5) is 5.69 Å². The van der Waals surface area contributed by atoms with Crippen LogP contribution in [0.2, 0.25) is 0 Å². The summed E-state index contributed by atoms with van der Waals surface area (Å²) in [5.74, 6) is 0.308. The number of ether oxygens (including phenoxy) is 1. The van der Waals surface area contributed by atoms with Crippen molar-refractivity contribution in [3.63, 3.8) is 0 Å². The maximum Gasteiger partial charge on any atom is 0.254 e. The Kier molecular flexibility index (Phi) is 5.96. The highest BCUT2D eigenvalue weighted by Crippen LogP contribution is 2.31. The Morgan fingerprint density at radius 2 is 2.00 bits per heavy atom. The van der Waals surface area contributed by atoms with E-state index in [4.69, 9.17) is 10.1 Å². The van der Waals surface area contributed by atoms with E-state index < -0.39 is 0 Å². The molecule has 8 nitrogen and oxygen atoms in total. The summed E-state index contributed by atoms with van der Waals surface area (Å²) in [6.07, 6.45) is 0. The fraction of sp³-hybridized carbons (Fsp3) is 0.318. The Balaban J connectivity index is 1.85. The number of hydrogen-bond acceptors (Lipinski definition) is 6. The van der Waals surface area contributed by atoms with Gasteiger partial charge in [0.2, 0.25) is 0 Å². The summed E-state index contributed by atoms with van der Waals surface area (Å²) in [4.78, 5) is 28.5. The maximum absolute atomic E-state index is 12.8. The minimum Gasteiger partial charge on any atom is -0.506 e. The van der Waals surface area contributed by atoms with Gasteiger partial charge < -0.3 is 25.0 Å². The van der Waals surface area contributed by atoms with Gasteiger partial charge in [0.15, 0.2) is 5.78 Å². The van der Waals surface area contributed by atoms with Crippen LogP contribution in [-0.2, 0) is 6.54 Å². The second-order valence-electron chi connectivity index (χ2n) is 7.24. The number of carbonyl (C=O) groups excluding carboxylic acids is 2. The van der Waals surface area contributed by atoms with Crippen LogP contribution in [-0.4, -0.2) is 61.8 Å². The summed E-state index contributed by atoms with van der Waals surface area (Å²) in [6.45, 7) is 2.65. The van der Waals surface area contributed by atoms with Crippen LogP contribution in [0.1, 0.15) is 38.8 Å². The smallest absolute Gasteiger partial charge is 0.254 e. The van der Waals surface area contributed by atoms with Crippen LogP contribution in [0.25, 0.3) is 0 Å². The van der Waals surface area contributed by atoms with Gasteiger partial charge in [-0.3, -0.25) is 15.0 Å². The number of hydrogen-bond donors (Lipinski definition) is 3. The van der Waals surface area contributed by atoms with Gasteiger partial charge >= 0.3 is 0 Å². The monoisotopic (exact) mass is 410 g/mol. The molecule has 0 aliphatic carbocycles. The molecule has 30 heavy (non-hydrogen) atoms. The summed E-state index contributed by atoms with van der Waals surface area (Å²) < 4.78 is 5.61. The Labute approximate surface area is 175 Å². The number of carbonyl (C=O) groups is 2. The van der Waals surface area contributed by atoms with E-state index in [1.165, 1.54) is 6.07 Å². The Bertz CT molecular complexity index is 1020. The van der Waals surface area contributed by atoms with Crippen LogP contribution in [0.5, 0.6) is 11.5 Å². The van der Waals surface area contributed by atoms with Crippen LogP contribution in [0, 0.1) is 5.41 Å². The van der Waals surface area contributed by atoms with Gasteiger partial charge in [-0.05, 0) is 42.8 Å². The normalized spacial score (nSPS) is 12.5. The quantitative estimate of drug-likeness (QED) is 0.605. The number of fused-ring (bicyclic) bond motifs is 1. The molecule has 2 aromatic rings. The molecule has 0 atom stereocenters. The zero-order chi connectivity index (χ0) is 22.0. The number of Topliss-reactive ketones (excluding diaryl/α,β-unsaturated/α-hetero) is 1. The van der Waals surface area contributed by atoms with Gasteiger partial charge in [-0.2, -0.15) is 0 Å². The summed E-state index contributed by atoms with van der Waals surface area (Å²) in [5, 5.41) is 21.0. The lowest BCUT2D eigenvalue weighted by molar-refractivity contribution is 0.0953. The van der Waals surface area contributed by atoms with E-state index in [2.05, 4.69) is 5.32 Å². The number of ketones is 1. The van der Waals surface area contributed by atoms with E-state index >= 15 is 0 Å². The summed E-state index contributed by atoms with van der Waals surface area (Å²) in [7, 11) is 5.12. The molecule has 8 heteroatoms. The first-order valence-electron chi connectivity index (χ1n) is 9.66. The number of anilines is 1. The predicted molar refractivity (Wildman–Crippen MR) is 115 cm³/mol. The Morgan fingerprint density at radius 3 is 2.63 bits per heavy atom. The molecule has 3 rings (SSSR count). The highest BCUT2D eigenvalue weighted by molar-refractivity contribution is 6.07. The molecule has 0 aromatic heterocycles. The first kappa shape index (κ1) is 21.2. The van der Waals surface area contributed by atoms with Gasteiger partial charge in [0.25, 0.3) is 5.91 Å². The van der Waals surface area contributed by atoms with Gasteiger partial charge in [-0.1, -0.05) is 0 Å². The van der Waals surface area contributed by atoms with Crippen molar-refractivity contribution >= 4 is 23.2 Å². The molecule has 3 N–H and O–H groups in total. The number of phenols is 1. The number of benzene rings is 2. The van der Waals surface area contributed by atoms with Crippen molar-refractivity contribution in [3.8, 4) is 11.5 Å². The molecule has 0 spiro atoms. The summed E-state index contributed by atoms with van der Waals surface area (Å²) in [6, 6.07) is 8.14. The molecule has 1 aliphatic rings. The SMILES string of the molecule is CCOc1cc2c(cc1C(=O)NC)C(=N)N(CC(=O)c1ccc(O)c(N(C)C)c1)C2. The molecule has 0 unspecified atom stereocenters. The van der Waals surface area contributed by atoms with Crippen LogP contribution < -0.4 is 15.0 Å². The third-order valence-corrected chi connectivity index (χ3v) is 5.02. The van der Waals surface area contributed by atoms with Gasteiger partial charge in [0, 0.05) is 38.8 Å². The second-order valence-corrected chi connectivity index (χ2v) is 7.24. The lowest BCUT2D eigenvalue weighted by Crippen LogP contribution is -2.30. The van der Waals surface area contributed by atoms with E-state index in [1.54, 1.807) is 55.2 Å². The minimum absolute atomic E-state index is 0.0183. The van der Waals surface area contributed by atoms with Gasteiger partial charge in [0.05, 0.1) is 24.4 Å². The minimum atomic E-state index is -0.288. The molecule has 1 amide bonds. The largest absolute Gasteiger partial charge is 0.506 e. The van der Waals surface area contributed by atoms with Crippen molar-refractivity contribution in [3.05, 3.63) is 52.6 Å². The fourth-order valence-corrected chi connectivity index (χ4v) is 3.47. The van der Waals surface area contributed by atoms with Crippen LogP contribution >= 0.6 is 0 Å². The molecule has 0 saturated heterocycles. The van der Waals surface area contributed by atoms with Crippen molar-refractivity contribution in [2.24, 2.45) is 0 Å². The van der Waals surface area contributed by atoms with Crippen molar-refractivity contribution in [1.29, 1.82) is 5.41 Å². The standard InChI is InChI=1S/C22H26N4O4/c1-5-30-20-9-14-11-26(21(23)15(14)10-16(20)22(29)24-2)12-19(28)13-6-7-18(27)17(8-13)25(3)4/h6-10,23,27H,5,11-12H2,1-4H3,(H,24,29). The molecule has 2 aromatic carbocycles. The van der Waals surface area contributed by atoms with E-state index in [0.29, 0.717) is 41.3 Å². The zero-order valence-corrected chi connectivity index (χ0v) is 17.6. The maximum atomic E-state index is 12.8. The highest BCUT2D eigenvalue weighted by Gasteiger charge is 2.29. The highest BCUT2D eigenvalue weighted by atomic mass is 16.5. The first-order valence-corrected chi connectivity index (χ1v) is 9.66. The predicted octanol–water partition coefficient (Wildman–Crippen LogP) is 2.24. The van der Waals surface area contributed by atoms with Crippen LogP contribution in [0.3, 0.4) is 0 Å². The Morgan fingerprint density at radius 1 is 1.27 bits per heavy atom. The van der Waals surface area contributed by atoms with Gasteiger partial charge in [-0.15, -0.1) is 0 Å². The number of rotatable bonds is 7. The molecule has 0 fully saturated rings. The van der Waals surface area contributed by atoms with Crippen molar-refractivity contribution in [1.82, 2.24) is 10.2 Å². The van der Waals surface area contributed by atoms with E-state index in [1.807, 2.05) is 6.92 Å². The van der Waals surface area contributed by atoms with Crippen molar-refractivity contribution in [2.75, 3.05) is 39.2 Å². The van der Waals surface area contributed by atoms with E-state index in [-0.39, 0.29) is 29.8 Å². The third-order valence-electron chi connectivity index (χ3n) is 5.02. The molecule has 0 saturated carbocycles. The number of phenolic OH excluding ortho intramolecular Hbond substituents is 1. The topological polar surface area (TPSA) is 106 Å². The van der Waals surface area contributed by atoms with Crippen molar-refractivity contribution < 1.29 is 19.4 Å².